The second-order valence-electron chi connectivity index (χ2n) is 10.9. The number of rotatable bonds is 4. The van der Waals surface area contributed by atoms with Crippen LogP contribution in [0.5, 0.6) is 0 Å². The van der Waals surface area contributed by atoms with Crippen molar-refractivity contribution >= 4 is 29.2 Å². The lowest BCUT2D eigenvalue weighted by atomic mass is 9.80. The molecule has 0 radical (unpaired) electrons. The van der Waals surface area contributed by atoms with Crippen LogP contribution in [0, 0.1) is 17.2 Å². The molecule has 2 aliphatic rings. The van der Waals surface area contributed by atoms with Crippen molar-refractivity contribution in [2.24, 2.45) is 5.92 Å². The molecule has 2 amide bonds. The van der Waals surface area contributed by atoms with Gasteiger partial charge in [-0.05, 0) is 45.4 Å². The number of carbonyl (C=O) groups is 2. The third kappa shape index (κ3) is 5.67. The van der Waals surface area contributed by atoms with E-state index in [0.717, 1.165) is 23.4 Å². The monoisotopic (exact) mass is 519 g/mol. The van der Waals surface area contributed by atoms with Gasteiger partial charge >= 0.3 is 6.09 Å². The van der Waals surface area contributed by atoms with Gasteiger partial charge in [0.2, 0.25) is 5.91 Å². The third-order valence-corrected chi connectivity index (χ3v) is 7.19. The van der Waals surface area contributed by atoms with E-state index in [9.17, 15) is 9.59 Å². The number of aromatic nitrogens is 2. The Kier molecular flexibility index (Phi) is 7.76. The lowest BCUT2D eigenvalue weighted by Crippen LogP contribution is -2.51. The largest absolute Gasteiger partial charge is 0.444 e. The number of ether oxygens (including phenoxy) is 1. The molecule has 10 nitrogen and oxygen atoms in total. The van der Waals surface area contributed by atoms with Crippen LogP contribution in [0.1, 0.15) is 65.3 Å². The summed E-state index contributed by atoms with van der Waals surface area (Å²) in [5, 5.41) is 12.6. The number of carbonyl (C=O) groups excluding carboxylic acids is 2. The fraction of sp³-hybridized carbons (Fsp3) is 0.536. The number of fused-ring (bicyclic) bond motifs is 1. The fourth-order valence-corrected chi connectivity index (χ4v) is 5.39. The van der Waals surface area contributed by atoms with Gasteiger partial charge in [-0.3, -0.25) is 4.79 Å². The van der Waals surface area contributed by atoms with Crippen LogP contribution in [0.15, 0.2) is 30.6 Å². The molecule has 0 bridgehead atoms. The van der Waals surface area contributed by atoms with Gasteiger partial charge in [0, 0.05) is 62.0 Å². The van der Waals surface area contributed by atoms with Crippen LogP contribution < -0.4 is 15.1 Å². The maximum absolute atomic E-state index is 12.8. The van der Waals surface area contributed by atoms with Crippen molar-refractivity contribution in [2.75, 3.05) is 41.3 Å². The van der Waals surface area contributed by atoms with Gasteiger partial charge in [-0.2, -0.15) is 5.26 Å². The number of piperazine rings is 1. The quantitative estimate of drug-likeness (QED) is 0.634. The molecule has 1 aromatic carbocycles. The molecule has 10 heteroatoms. The van der Waals surface area contributed by atoms with Gasteiger partial charge in [-0.15, -0.1) is 0 Å². The summed E-state index contributed by atoms with van der Waals surface area (Å²) in [7, 11) is 0. The zero-order chi connectivity index (χ0) is 27.6. The van der Waals surface area contributed by atoms with E-state index in [1.165, 1.54) is 6.20 Å². The van der Waals surface area contributed by atoms with Crippen molar-refractivity contribution in [3.8, 4) is 6.07 Å². The average Bonchev–Trinajstić information content (AvgIpc) is 2.89. The number of benzene rings is 1. The first kappa shape index (κ1) is 27.2. The molecule has 0 saturated carbocycles. The fourth-order valence-electron chi connectivity index (χ4n) is 5.39. The number of nitrogens with zero attached hydrogens (tertiary/aromatic N) is 6. The van der Waals surface area contributed by atoms with Crippen molar-refractivity contribution in [1.29, 1.82) is 5.26 Å². The Bertz CT molecular complexity index is 1210. The van der Waals surface area contributed by atoms with Crippen LogP contribution >= 0.6 is 0 Å². The van der Waals surface area contributed by atoms with E-state index in [-0.39, 0.29) is 35.7 Å². The maximum Gasteiger partial charge on any atom is 0.410 e. The van der Waals surface area contributed by atoms with Gasteiger partial charge in [0.25, 0.3) is 0 Å². The molecule has 3 atom stereocenters. The van der Waals surface area contributed by atoms with E-state index in [1.807, 2.05) is 37.8 Å². The number of hydrogen-bond acceptors (Lipinski definition) is 8. The summed E-state index contributed by atoms with van der Waals surface area (Å²) in [5.74, 6) is 0.683. The van der Waals surface area contributed by atoms with Crippen LogP contribution in [-0.4, -0.2) is 64.7 Å². The number of amides is 2. The average molecular weight is 520 g/mol. The molecule has 1 saturated heterocycles. The Labute approximate surface area is 224 Å². The lowest BCUT2D eigenvalue weighted by Gasteiger charge is -2.46. The molecule has 1 N–H and O–H groups in total. The second-order valence-corrected chi connectivity index (χ2v) is 10.9. The maximum atomic E-state index is 12.8. The standard InChI is InChI=1S/C28H37N7O3/c1-7-23-18(2)26(32-25-17-30-20(15-29)16-31-25)22-14-21(8-9-24(22)35(23)19(3)36)33-10-12-34(13-11-33)27(37)38-28(4,5)6/h8-9,14,16-18,23,26H,7,10-13H2,1-6H3,(H,31,32)/t18-,23?,26?/m0/s1. The van der Waals surface area contributed by atoms with Gasteiger partial charge in [-0.25, -0.2) is 14.8 Å². The number of anilines is 3. The van der Waals surface area contributed by atoms with E-state index in [0.29, 0.717) is 32.0 Å². The molecule has 4 rings (SSSR count). The Morgan fingerprint density at radius 3 is 2.42 bits per heavy atom. The normalized spacial score (nSPS) is 21.4. The van der Waals surface area contributed by atoms with Crippen molar-refractivity contribution in [3.63, 3.8) is 0 Å². The van der Waals surface area contributed by atoms with Crippen LogP contribution in [0.25, 0.3) is 0 Å². The Morgan fingerprint density at radius 2 is 1.87 bits per heavy atom. The molecular weight excluding hydrogens is 482 g/mol. The molecule has 202 valence electrons. The summed E-state index contributed by atoms with van der Waals surface area (Å²) in [6, 6.07) is 8.13. The van der Waals surface area contributed by atoms with E-state index in [2.05, 4.69) is 46.2 Å². The van der Waals surface area contributed by atoms with Gasteiger partial charge < -0.3 is 24.8 Å². The highest BCUT2D eigenvalue weighted by Gasteiger charge is 2.40. The summed E-state index contributed by atoms with van der Waals surface area (Å²) in [4.78, 5) is 39.8. The molecule has 2 aliphatic heterocycles. The smallest absolute Gasteiger partial charge is 0.410 e. The van der Waals surface area contributed by atoms with E-state index in [4.69, 9.17) is 10.00 Å². The first-order valence-corrected chi connectivity index (χ1v) is 13.2. The topological polar surface area (TPSA) is 115 Å². The van der Waals surface area contributed by atoms with Crippen molar-refractivity contribution in [1.82, 2.24) is 14.9 Å². The minimum absolute atomic E-state index is 0.0142. The summed E-state index contributed by atoms with van der Waals surface area (Å²) in [5.41, 5.74) is 2.67. The molecule has 3 heterocycles. The number of nitriles is 1. The van der Waals surface area contributed by atoms with Gasteiger partial charge in [0.15, 0.2) is 5.69 Å². The van der Waals surface area contributed by atoms with Gasteiger partial charge in [0.1, 0.15) is 17.5 Å². The summed E-state index contributed by atoms with van der Waals surface area (Å²) in [6.45, 7) is 14.0. The molecule has 38 heavy (non-hydrogen) atoms. The summed E-state index contributed by atoms with van der Waals surface area (Å²) in [6.07, 6.45) is 3.55. The van der Waals surface area contributed by atoms with E-state index < -0.39 is 5.60 Å². The highest BCUT2D eigenvalue weighted by Crippen LogP contribution is 2.44. The minimum atomic E-state index is -0.524. The summed E-state index contributed by atoms with van der Waals surface area (Å²) < 4.78 is 5.54. The van der Waals surface area contributed by atoms with Crippen LogP contribution in [0.2, 0.25) is 0 Å². The highest BCUT2D eigenvalue weighted by atomic mass is 16.6. The molecular formula is C28H37N7O3. The zero-order valence-electron chi connectivity index (χ0n) is 23.1. The first-order chi connectivity index (χ1) is 18.0. The molecule has 0 aliphatic carbocycles. The van der Waals surface area contributed by atoms with Crippen molar-refractivity contribution in [2.45, 2.75) is 65.6 Å². The number of hydrogen-bond donors (Lipinski definition) is 1. The molecule has 2 aromatic rings. The van der Waals surface area contributed by atoms with Crippen LogP contribution in [0.3, 0.4) is 0 Å². The van der Waals surface area contributed by atoms with E-state index in [1.54, 1.807) is 18.0 Å². The van der Waals surface area contributed by atoms with Crippen LogP contribution in [-0.2, 0) is 9.53 Å². The third-order valence-electron chi connectivity index (χ3n) is 7.19. The van der Waals surface area contributed by atoms with Crippen molar-refractivity contribution in [3.05, 3.63) is 41.9 Å². The lowest BCUT2D eigenvalue weighted by molar-refractivity contribution is -0.117. The first-order valence-electron chi connectivity index (χ1n) is 13.2. The molecule has 0 spiro atoms. The predicted octanol–water partition coefficient (Wildman–Crippen LogP) is 4.34. The van der Waals surface area contributed by atoms with Gasteiger partial charge in [0.05, 0.1) is 18.4 Å². The Balaban J connectivity index is 1.62. The molecule has 1 fully saturated rings. The summed E-state index contributed by atoms with van der Waals surface area (Å²) >= 11 is 0. The van der Waals surface area contributed by atoms with Crippen LogP contribution in [0.4, 0.5) is 22.0 Å². The van der Waals surface area contributed by atoms with Gasteiger partial charge in [-0.1, -0.05) is 13.8 Å². The van der Waals surface area contributed by atoms with Crippen molar-refractivity contribution < 1.29 is 14.3 Å². The SMILES string of the molecule is CCC1[C@H](C)C(Nc2cnc(C#N)cn2)c2cc(N3CCN(C(=O)OC(C)(C)C)CC3)ccc2N1C(C)=O. The molecule has 1 aromatic heterocycles. The van der Waals surface area contributed by atoms with E-state index >= 15 is 0 Å². The minimum Gasteiger partial charge on any atom is -0.444 e. The zero-order valence-corrected chi connectivity index (χ0v) is 23.1. The highest BCUT2D eigenvalue weighted by molar-refractivity contribution is 5.94. The molecule has 2 unspecified atom stereocenters. The second kappa shape index (κ2) is 10.9. The predicted molar refractivity (Wildman–Crippen MR) is 146 cm³/mol. The Morgan fingerprint density at radius 1 is 1.16 bits per heavy atom. The number of nitrogens with one attached hydrogen (secondary N) is 1. The Hall–Kier alpha value is -3.87.